The summed E-state index contributed by atoms with van der Waals surface area (Å²) in [5.41, 5.74) is -4.44. The van der Waals surface area contributed by atoms with Gasteiger partial charge < -0.3 is 4.74 Å². The van der Waals surface area contributed by atoms with Crippen LogP contribution in [0, 0.1) is 0 Å². The van der Waals surface area contributed by atoms with Gasteiger partial charge in [0, 0.05) is 5.56 Å². The van der Waals surface area contributed by atoms with Crippen LogP contribution in [0.2, 0.25) is 0 Å². The van der Waals surface area contributed by atoms with Crippen molar-refractivity contribution in [1.82, 2.24) is 4.98 Å². The molecule has 20 heavy (non-hydrogen) atoms. The fraction of sp³-hybridized carbons (Fsp3) is 0.444. The number of rotatable bonds is 3. The van der Waals surface area contributed by atoms with Gasteiger partial charge in [-0.3, -0.25) is 0 Å². The molecule has 0 N–H and O–H groups in total. The maximum Gasteiger partial charge on any atom is 0.573 e. The van der Waals surface area contributed by atoms with E-state index in [1.54, 1.807) is 0 Å². The fourth-order valence-corrected chi connectivity index (χ4v) is 1.44. The lowest BCUT2D eigenvalue weighted by atomic mass is 10.1. The second kappa shape index (κ2) is 5.58. The summed E-state index contributed by atoms with van der Waals surface area (Å²) in [4.78, 5) is 2.48. The van der Waals surface area contributed by atoms with E-state index < -0.39 is 47.5 Å². The lowest BCUT2D eigenvalue weighted by Gasteiger charge is -2.18. The van der Waals surface area contributed by atoms with Crippen LogP contribution in [0.1, 0.15) is 23.4 Å². The van der Waals surface area contributed by atoms with E-state index in [4.69, 9.17) is 11.6 Å². The van der Waals surface area contributed by atoms with E-state index in [-0.39, 0.29) is 0 Å². The van der Waals surface area contributed by atoms with Crippen molar-refractivity contribution < 1.29 is 39.9 Å². The minimum atomic E-state index is -5.45. The molecule has 0 fully saturated rings. The number of alkyl halides is 9. The van der Waals surface area contributed by atoms with Crippen LogP contribution in [0.4, 0.5) is 35.1 Å². The highest BCUT2D eigenvalue weighted by molar-refractivity contribution is 6.17. The maximum atomic E-state index is 12.6. The molecule has 1 heterocycles. The van der Waals surface area contributed by atoms with Gasteiger partial charge in [-0.1, -0.05) is 0 Å². The molecule has 1 aromatic rings. The van der Waals surface area contributed by atoms with Crippen LogP contribution in [-0.2, 0) is 12.1 Å². The first-order valence-corrected chi connectivity index (χ1v) is 5.20. The van der Waals surface area contributed by atoms with E-state index in [2.05, 4.69) is 9.72 Å². The van der Waals surface area contributed by atoms with Crippen molar-refractivity contribution in [2.45, 2.75) is 24.8 Å². The second-order valence-electron chi connectivity index (χ2n) is 3.36. The highest BCUT2D eigenvalue weighted by atomic mass is 35.5. The molecule has 114 valence electrons. The zero-order valence-electron chi connectivity index (χ0n) is 9.12. The molecule has 0 spiro atoms. The van der Waals surface area contributed by atoms with Crippen molar-refractivity contribution in [1.29, 1.82) is 0 Å². The zero-order valence-corrected chi connectivity index (χ0v) is 9.87. The summed E-state index contributed by atoms with van der Waals surface area (Å²) in [5, 5.41) is 0. The van der Waals surface area contributed by atoms with E-state index in [9.17, 15) is 35.1 Å². The largest absolute Gasteiger partial charge is 0.573 e. The normalized spacial score (nSPS) is 12.9. The van der Waals surface area contributed by atoms with Crippen LogP contribution in [0.5, 0.6) is 5.75 Å². The minimum Gasteiger partial charge on any atom is -0.403 e. The van der Waals surface area contributed by atoms with Crippen LogP contribution < -0.4 is 4.74 Å². The van der Waals surface area contributed by atoms with Crippen LogP contribution in [-0.4, -0.2) is 11.3 Å². The summed E-state index contributed by atoms with van der Waals surface area (Å²) in [6.45, 7) is 0. The number of halogens is 9. The lowest BCUT2D eigenvalue weighted by molar-refractivity contribution is -0.276. The molecule has 0 aromatic carbocycles. The number of ether oxygens (including phenoxy) is 1. The number of pyridine rings is 1. The van der Waals surface area contributed by atoms with Crippen molar-refractivity contribution in [3.63, 3.8) is 0 Å². The molecule has 0 radical (unpaired) electrons. The van der Waals surface area contributed by atoms with Gasteiger partial charge in [0.15, 0.2) is 11.4 Å². The van der Waals surface area contributed by atoms with Gasteiger partial charge in [-0.25, -0.2) is 13.8 Å². The maximum absolute atomic E-state index is 12.6. The first-order valence-electron chi connectivity index (χ1n) is 4.66. The van der Waals surface area contributed by atoms with Crippen LogP contribution >= 0.6 is 11.6 Å². The molecule has 0 saturated heterocycles. The molecular formula is C9H4ClF8NO. The Kier molecular flexibility index (Phi) is 4.67. The van der Waals surface area contributed by atoms with Crippen molar-refractivity contribution in [3.8, 4) is 5.75 Å². The fourth-order valence-electron chi connectivity index (χ4n) is 1.24. The Morgan fingerprint density at radius 3 is 2.05 bits per heavy atom. The van der Waals surface area contributed by atoms with Gasteiger partial charge >= 0.3 is 12.5 Å². The molecule has 0 aliphatic carbocycles. The molecule has 0 amide bonds. The molecule has 0 aliphatic rings. The number of hydrogen-bond donors (Lipinski definition) is 0. The van der Waals surface area contributed by atoms with Gasteiger partial charge in [-0.2, -0.15) is 13.2 Å². The molecule has 2 nitrogen and oxygen atoms in total. The number of nitrogens with zero attached hydrogens (tertiary/aromatic N) is 1. The molecule has 1 rings (SSSR count). The summed E-state index contributed by atoms with van der Waals surface area (Å²) < 4.78 is 102. The van der Waals surface area contributed by atoms with Crippen molar-refractivity contribution >= 4 is 11.6 Å². The van der Waals surface area contributed by atoms with Gasteiger partial charge in [0.2, 0.25) is 0 Å². The third-order valence-corrected chi connectivity index (χ3v) is 2.21. The smallest absolute Gasteiger partial charge is 0.403 e. The Hall–Kier alpha value is -1.32. The predicted molar refractivity (Wildman–Crippen MR) is 50.4 cm³/mol. The average Bonchev–Trinajstić information content (AvgIpc) is 2.25. The molecule has 0 bridgehead atoms. The highest BCUT2D eigenvalue weighted by Crippen LogP contribution is 2.41. The van der Waals surface area contributed by atoms with Crippen LogP contribution in [0.15, 0.2) is 6.07 Å². The van der Waals surface area contributed by atoms with Crippen LogP contribution in [0.3, 0.4) is 0 Å². The minimum absolute atomic E-state index is 0.327. The van der Waals surface area contributed by atoms with Gasteiger partial charge in [0.1, 0.15) is 5.69 Å². The van der Waals surface area contributed by atoms with Gasteiger partial charge in [-0.05, 0) is 6.07 Å². The molecule has 0 unspecified atom stereocenters. The summed E-state index contributed by atoms with van der Waals surface area (Å²) in [5.74, 6) is -2.62. The first kappa shape index (κ1) is 16.7. The zero-order chi connectivity index (χ0) is 15.7. The van der Waals surface area contributed by atoms with Gasteiger partial charge in [0.25, 0.3) is 6.43 Å². The van der Waals surface area contributed by atoms with E-state index >= 15 is 0 Å². The Morgan fingerprint density at radius 1 is 1.15 bits per heavy atom. The SMILES string of the molecule is FC(F)c1cc(CCl)c(OC(F)(F)F)c(C(F)(F)F)n1. The average molecular weight is 330 g/mol. The van der Waals surface area contributed by atoms with Gasteiger partial charge in [0.05, 0.1) is 5.88 Å². The van der Waals surface area contributed by atoms with Crippen molar-refractivity contribution in [2.24, 2.45) is 0 Å². The molecule has 0 saturated carbocycles. The monoisotopic (exact) mass is 329 g/mol. The Labute approximate surface area is 111 Å². The third-order valence-electron chi connectivity index (χ3n) is 1.92. The van der Waals surface area contributed by atoms with Gasteiger partial charge in [-0.15, -0.1) is 24.8 Å². The third kappa shape index (κ3) is 4.09. The van der Waals surface area contributed by atoms with Crippen molar-refractivity contribution in [3.05, 3.63) is 23.0 Å². The molecule has 1 aromatic heterocycles. The quantitative estimate of drug-likeness (QED) is 0.593. The van der Waals surface area contributed by atoms with Crippen molar-refractivity contribution in [2.75, 3.05) is 0 Å². The van der Waals surface area contributed by atoms with E-state index in [0.717, 1.165) is 0 Å². The van der Waals surface area contributed by atoms with E-state index in [1.165, 1.54) is 0 Å². The topological polar surface area (TPSA) is 22.1 Å². The summed E-state index contributed by atoms with van der Waals surface area (Å²) >= 11 is 5.17. The van der Waals surface area contributed by atoms with E-state index in [0.29, 0.717) is 6.07 Å². The first-order chi connectivity index (χ1) is 8.95. The van der Waals surface area contributed by atoms with Crippen LogP contribution in [0.25, 0.3) is 0 Å². The summed E-state index contributed by atoms with van der Waals surface area (Å²) in [7, 11) is 0. The highest BCUT2D eigenvalue weighted by Gasteiger charge is 2.43. The Bertz CT molecular complexity index is 484. The second-order valence-corrected chi connectivity index (χ2v) is 3.63. The Morgan fingerprint density at radius 2 is 1.70 bits per heavy atom. The lowest BCUT2D eigenvalue weighted by Crippen LogP contribution is -2.22. The molecular weight excluding hydrogens is 326 g/mol. The standard InChI is InChI=1S/C9H4ClF8NO/c10-2-3-1-4(7(11)12)19-6(8(13,14)15)5(3)20-9(16,17)18/h1,7H,2H2. The van der Waals surface area contributed by atoms with E-state index in [1.807, 2.05) is 0 Å². The summed E-state index contributed by atoms with van der Waals surface area (Å²) in [6, 6.07) is 0.327. The number of aromatic nitrogens is 1. The molecule has 0 atom stereocenters. The molecule has 0 aliphatic heterocycles. The number of hydrogen-bond acceptors (Lipinski definition) is 2. The Balaban J connectivity index is 3.53. The summed E-state index contributed by atoms with van der Waals surface area (Å²) in [6.07, 6.45) is -14.3. The predicted octanol–water partition coefficient (Wildman–Crippen LogP) is 4.68. The molecule has 11 heteroatoms.